The Kier molecular flexibility index (Phi) is 6.36. The third-order valence-electron chi connectivity index (χ3n) is 4.43. The molecule has 3 rings (SSSR count). The molecule has 28 heavy (non-hydrogen) atoms. The second-order valence-electron chi connectivity index (χ2n) is 6.30. The minimum atomic E-state index is -0.381. The lowest BCUT2D eigenvalue weighted by atomic mass is 10.1. The number of fused-ring (bicyclic) bond motifs is 1. The highest BCUT2D eigenvalue weighted by atomic mass is 32.2. The predicted octanol–water partition coefficient (Wildman–Crippen LogP) is 4.35. The van der Waals surface area contributed by atoms with Crippen LogP contribution in [-0.4, -0.2) is 29.3 Å². The van der Waals surface area contributed by atoms with Crippen molar-refractivity contribution in [2.45, 2.75) is 32.2 Å². The summed E-state index contributed by atoms with van der Waals surface area (Å²) in [6.07, 6.45) is 0. The van der Waals surface area contributed by atoms with Gasteiger partial charge in [0, 0.05) is 4.90 Å². The minimum absolute atomic E-state index is 0.0104. The Morgan fingerprint density at radius 3 is 2.61 bits per heavy atom. The van der Waals surface area contributed by atoms with Crippen LogP contribution < -0.4 is 4.80 Å². The van der Waals surface area contributed by atoms with Gasteiger partial charge in [-0.1, -0.05) is 30.4 Å². The molecule has 7 heteroatoms. The summed E-state index contributed by atoms with van der Waals surface area (Å²) in [6.45, 7) is 6.12. The Labute approximate surface area is 172 Å². The van der Waals surface area contributed by atoms with Gasteiger partial charge in [-0.3, -0.25) is 9.59 Å². The number of rotatable bonds is 5. The second-order valence-corrected chi connectivity index (χ2v) is 8.61. The number of hydrogen-bond acceptors (Lipinski definition) is 5. The molecule has 1 aromatic heterocycles. The fourth-order valence-electron chi connectivity index (χ4n) is 2.83. The van der Waals surface area contributed by atoms with E-state index in [1.54, 1.807) is 22.4 Å². The number of ether oxygens (including phenoxy) is 1. The first kappa shape index (κ1) is 20.4. The van der Waals surface area contributed by atoms with Crippen LogP contribution in [0.1, 0.15) is 28.4 Å². The molecule has 0 aliphatic carbocycles. The first-order valence-corrected chi connectivity index (χ1v) is 10.7. The summed E-state index contributed by atoms with van der Waals surface area (Å²) in [5.41, 5.74) is 3.72. The maximum atomic E-state index is 12.9. The van der Waals surface area contributed by atoms with Gasteiger partial charge in [0.05, 0.1) is 22.9 Å². The van der Waals surface area contributed by atoms with Crippen LogP contribution in [0.15, 0.2) is 46.3 Å². The molecule has 0 N–H and O–H groups in total. The Morgan fingerprint density at radius 1 is 1.18 bits per heavy atom. The molecule has 0 aliphatic rings. The molecule has 0 saturated carbocycles. The number of carbonyl (C=O) groups is 2. The molecule has 0 radical (unpaired) electrons. The number of benzene rings is 2. The van der Waals surface area contributed by atoms with Crippen molar-refractivity contribution < 1.29 is 14.3 Å². The Bertz CT molecular complexity index is 1110. The molecule has 0 fully saturated rings. The van der Waals surface area contributed by atoms with E-state index < -0.39 is 0 Å². The van der Waals surface area contributed by atoms with Crippen molar-refractivity contribution in [2.24, 2.45) is 4.99 Å². The molecule has 0 spiro atoms. The lowest BCUT2D eigenvalue weighted by molar-refractivity contribution is -0.141. The molecular weight excluding hydrogens is 392 g/mol. The smallest absolute Gasteiger partial charge is 0.325 e. The molecule has 1 heterocycles. The van der Waals surface area contributed by atoms with Gasteiger partial charge in [0.25, 0.3) is 5.91 Å². The molecule has 146 valence electrons. The van der Waals surface area contributed by atoms with E-state index in [1.807, 2.05) is 45.0 Å². The van der Waals surface area contributed by atoms with E-state index in [-0.39, 0.29) is 18.4 Å². The van der Waals surface area contributed by atoms with Gasteiger partial charge in [-0.05, 0) is 55.0 Å². The van der Waals surface area contributed by atoms with Crippen LogP contribution in [0.4, 0.5) is 0 Å². The summed E-state index contributed by atoms with van der Waals surface area (Å²) in [7, 11) is 1.35. The van der Waals surface area contributed by atoms with Crippen molar-refractivity contribution in [2.75, 3.05) is 12.9 Å². The molecule has 0 atom stereocenters. The number of thiazole rings is 1. The van der Waals surface area contributed by atoms with Crippen molar-refractivity contribution in [3.8, 4) is 0 Å². The molecule has 1 amide bonds. The van der Waals surface area contributed by atoms with E-state index in [1.165, 1.54) is 18.4 Å². The number of aryl methyl sites for hydroxylation is 2. The van der Waals surface area contributed by atoms with Gasteiger partial charge in [0.15, 0.2) is 4.80 Å². The zero-order chi connectivity index (χ0) is 20.3. The topological polar surface area (TPSA) is 60.7 Å². The normalized spacial score (nSPS) is 11.8. The van der Waals surface area contributed by atoms with E-state index >= 15 is 0 Å². The third-order valence-corrected chi connectivity index (χ3v) is 6.42. The fourth-order valence-corrected chi connectivity index (χ4v) is 4.73. The van der Waals surface area contributed by atoms with Crippen molar-refractivity contribution >= 4 is 45.2 Å². The Morgan fingerprint density at radius 2 is 1.89 bits per heavy atom. The van der Waals surface area contributed by atoms with Gasteiger partial charge < -0.3 is 9.30 Å². The second kappa shape index (κ2) is 8.75. The number of aromatic nitrogens is 1. The molecule has 5 nitrogen and oxygen atoms in total. The zero-order valence-corrected chi connectivity index (χ0v) is 17.9. The third kappa shape index (κ3) is 4.20. The number of methoxy groups -OCH3 is 1. The number of carbonyl (C=O) groups excluding carboxylic acids is 2. The van der Waals surface area contributed by atoms with Gasteiger partial charge >= 0.3 is 5.97 Å². The largest absolute Gasteiger partial charge is 0.468 e. The van der Waals surface area contributed by atoms with E-state index in [9.17, 15) is 9.59 Å². The maximum Gasteiger partial charge on any atom is 0.325 e. The molecular formula is C21H22N2O3S2. The quantitative estimate of drug-likeness (QED) is 0.460. The molecule has 0 bridgehead atoms. The molecule has 2 aromatic carbocycles. The summed E-state index contributed by atoms with van der Waals surface area (Å²) < 4.78 is 7.57. The van der Waals surface area contributed by atoms with E-state index in [2.05, 4.69) is 11.1 Å². The first-order chi connectivity index (χ1) is 13.4. The summed E-state index contributed by atoms with van der Waals surface area (Å²) >= 11 is 3.01. The van der Waals surface area contributed by atoms with Crippen molar-refractivity contribution in [1.82, 2.24) is 4.57 Å². The Hall–Kier alpha value is -2.38. The number of thioether (sulfide) groups is 1. The highest BCUT2D eigenvalue weighted by Gasteiger charge is 2.15. The van der Waals surface area contributed by atoms with Crippen LogP contribution >= 0.6 is 23.1 Å². The lowest BCUT2D eigenvalue weighted by Crippen LogP contribution is -2.22. The van der Waals surface area contributed by atoms with Gasteiger partial charge in [-0.25, -0.2) is 0 Å². The van der Waals surface area contributed by atoms with Gasteiger partial charge in [-0.2, -0.15) is 4.99 Å². The monoisotopic (exact) mass is 414 g/mol. The van der Waals surface area contributed by atoms with Crippen LogP contribution in [0, 0.1) is 13.8 Å². The van der Waals surface area contributed by atoms with Crippen molar-refractivity contribution in [3.05, 3.63) is 57.9 Å². The fraction of sp³-hybridized carbons (Fsp3) is 0.286. The highest BCUT2D eigenvalue weighted by Crippen LogP contribution is 2.24. The molecule has 0 unspecified atom stereocenters. The van der Waals surface area contributed by atoms with Crippen molar-refractivity contribution in [3.63, 3.8) is 0 Å². The van der Waals surface area contributed by atoms with Crippen LogP contribution in [0.3, 0.4) is 0 Å². The van der Waals surface area contributed by atoms with Crippen LogP contribution in [-0.2, 0) is 16.1 Å². The molecule has 3 aromatic rings. The molecule has 0 aliphatic heterocycles. The summed E-state index contributed by atoms with van der Waals surface area (Å²) in [5.74, 6) is 0.178. The lowest BCUT2D eigenvalue weighted by Gasteiger charge is -2.06. The van der Waals surface area contributed by atoms with Gasteiger partial charge in [0.2, 0.25) is 0 Å². The summed E-state index contributed by atoms with van der Waals surface area (Å²) in [5, 5.41) is 0. The standard InChI is InChI=1S/C21H22N2O3S2/c1-5-27-17-9-7-6-8-15(17)20(25)22-21-23(12-19(24)26-4)16-10-13(2)14(3)11-18(16)28-21/h6-11H,5,12H2,1-4H3. The predicted molar refractivity (Wildman–Crippen MR) is 114 cm³/mol. The average Bonchev–Trinajstić information content (AvgIpc) is 2.98. The van der Waals surface area contributed by atoms with Gasteiger partial charge in [0.1, 0.15) is 6.54 Å². The van der Waals surface area contributed by atoms with E-state index in [4.69, 9.17) is 4.74 Å². The number of amides is 1. The average molecular weight is 415 g/mol. The minimum Gasteiger partial charge on any atom is -0.468 e. The van der Waals surface area contributed by atoms with Crippen LogP contribution in [0.5, 0.6) is 0 Å². The number of nitrogens with zero attached hydrogens (tertiary/aromatic N) is 2. The van der Waals surface area contributed by atoms with E-state index in [0.29, 0.717) is 10.4 Å². The highest BCUT2D eigenvalue weighted by molar-refractivity contribution is 7.99. The number of esters is 1. The van der Waals surface area contributed by atoms with Crippen LogP contribution in [0.2, 0.25) is 0 Å². The maximum absolute atomic E-state index is 12.9. The van der Waals surface area contributed by atoms with Crippen molar-refractivity contribution in [1.29, 1.82) is 0 Å². The Balaban J connectivity index is 2.17. The molecule has 0 saturated heterocycles. The van der Waals surface area contributed by atoms with Gasteiger partial charge in [-0.15, -0.1) is 11.8 Å². The number of hydrogen-bond donors (Lipinski definition) is 0. The summed E-state index contributed by atoms with van der Waals surface area (Å²) in [6, 6.07) is 11.6. The van der Waals surface area contributed by atoms with Crippen LogP contribution in [0.25, 0.3) is 10.2 Å². The first-order valence-electron chi connectivity index (χ1n) is 8.93. The zero-order valence-electron chi connectivity index (χ0n) is 16.3. The van der Waals surface area contributed by atoms with E-state index in [0.717, 1.165) is 32.0 Å². The summed E-state index contributed by atoms with van der Waals surface area (Å²) in [4.78, 5) is 30.7. The SMILES string of the molecule is CCSc1ccccc1C(=O)N=c1sc2cc(C)c(C)cc2n1CC(=O)OC.